The summed E-state index contributed by atoms with van der Waals surface area (Å²) < 4.78 is 1.32. The molecular formula is C6H5N3O2. The smallest absolute Gasteiger partial charge is 0.290 e. The minimum Gasteiger partial charge on any atom is -0.290 e. The highest BCUT2D eigenvalue weighted by Gasteiger charge is 1.95. The molecule has 2 aromatic rings. The lowest BCUT2D eigenvalue weighted by Crippen LogP contribution is -2.10. The molecule has 0 atom stereocenters. The molecule has 0 bridgehead atoms. The molecule has 0 aliphatic heterocycles. The fraction of sp³-hybridized carbons (Fsp3) is 0. The average Bonchev–Trinajstić information content (AvgIpc) is 2.32. The van der Waals surface area contributed by atoms with Gasteiger partial charge in [-0.05, 0) is 0 Å². The predicted octanol–water partition coefficient (Wildman–Crippen LogP) is -0.684. The summed E-state index contributed by atoms with van der Waals surface area (Å²) in [5, 5.41) is 4.90. The number of aromatic nitrogens is 3. The molecule has 0 saturated carbocycles. The number of H-pyrrole nitrogens is 2. The number of hydrogen-bond donors (Lipinski definition) is 2. The number of fused-ring (bicyclic) bond motifs is 1. The quantitative estimate of drug-likeness (QED) is 0.523. The van der Waals surface area contributed by atoms with Gasteiger partial charge in [0.15, 0.2) is 5.43 Å². The van der Waals surface area contributed by atoms with Gasteiger partial charge >= 0.3 is 5.69 Å². The maximum atomic E-state index is 10.9. The summed E-state index contributed by atoms with van der Waals surface area (Å²) in [6.45, 7) is 0. The number of nitrogens with zero attached hydrogens (tertiary/aromatic N) is 1. The van der Waals surface area contributed by atoms with Gasteiger partial charge < -0.3 is 0 Å². The van der Waals surface area contributed by atoms with Crippen molar-refractivity contribution in [3.05, 3.63) is 39.0 Å². The van der Waals surface area contributed by atoms with Crippen LogP contribution in [-0.2, 0) is 0 Å². The van der Waals surface area contributed by atoms with Gasteiger partial charge in [0.05, 0.1) is 0 Å². The minimum atomic E-state index is -0.278. The lowest BCUT2D eigenvalue weighted by molar-refractivity contribution is 1.02. The van der Waals surface area contributed by atoms with Crippen LogP contribution in [0.1, 0.15) is 0 Å². The number of hydrogen-bond acceptors (Lipinski definition) is 2. The Morgan fingerprint density at radius 2 is 2.09 bits per heavy atom. The molecule has 2 heterocycles. The molecule has 2 rings (SSSR count). The van der Waals surface area contributed by atoms with Crippen LogP contribution in [0.4, 0.5) is 0 Å². The van der Waals surface area contributed by atoms with E-state index in [1.165, 1.54) is 22.7 Å². The summed E-state index contributed by atoms with van der Waals surface area (Å²) in [4.78, 5) is 21.6. The Hall–Kier alpha value is -1.78. The monoisotopic (exact) mass is 151 g/mol. The summed E-state index contributed by atoms with van der Waals surface area (Å²) in [6, 6.07) is 2.67. The van der Waals surface area contributed by atoms with Gasteiger partial charge in [0.2, 0.25) is 0 Å². The second-order valence-corrected chi connectivity index (χ2v) is 2.17. The molecule has 0 aliphatic carbocycles. The van der Waals surface area contributed by atoms with Crippen LogP contribution >= 0.6 is 0 Å². The first-order valence-electron chi connectivity index (χ1n) is 3.06. The van der Waals surface area contributed by atoms with Crippen LogP contribution in [0.15, 0.2) is 27.9 Å². The van der Waals surface area contributed by atoms with Gasteiger partial charge in [-0.15, -0.1) is 0 Å². The normalized spacial score (nSPS) is 10.5. The molecule has 5 heteroatoms. The molecule has 0 aliphatic rings. The molecular weight excluding hydrogens is 146 g/mol. The third kappa shape index (κ3) is 0.778. The Morgan fingerprint density at radius 1 is 1.27 bits per heavy atom. The van der Waals surface area contributed by atoms with Crippen LogP contribution in [0, 0.1) is 0 Å². The maximum Gasteiger partial charge on any atom is 0.345 e. The molecule has 56 valence electrons. The van der Waals surface area contributed by atoms with E-state index in [2.05, 4.69) is 10.2 Å². The first-order chi connectivity index (χ1) is 5.27. The van der Waals surface area contributed by atoms with Crippen molar-refractivity contribution in [1.29, 1.82) is 0 Å². The summed E-state index contributed by atoms with van der Waals surface area (Å²) in [5.74, 6) is 0. The van der Waals surface area contributed by atoms with Crippen LogP contribution in [0.3, 0.4) is 0 Å². The van der Waals surface area contributed by atoms with Crippen LogP contribution in [-0.4, -0.2) is 14.6 Å². The average molecular weight is 151 g/mol. The summed E-state index contributed by atoms with van der Waals surface area (Å²) in [6.07, 6.45) is 1.42. The lowest BCUT2D eigenvalue weighted by Gasteiger charge is -1.84. The number of aromatic amines is 2. The first kappa shape index (κ1) is 5.96. The van der Waals surface area contributed by atoms with Crippen LogP contribution < -0.4 is 11.1 Å². The number of rotatable bonds is 0. The molecule has 2 aromatic heterocycles. The maximum absolute atomic E-state index is 10.9. The number of pyridine rings is 1. The van der Waals surface area contributed by atoms with Gasteiger partial charge in [-0.25, -0.2) is 9.89 Å². The van der Waals surface area contributed by atoms with Gasteiger partial charge in [0.1, 0.15) is 5.65 Å². The van der Waals surface area contributed by atoms with Gasteiger partial charge in [0, 0.05) is 18.3 Å². The molecule has 0 aromatic carbocycles. The van der Waals surface area contributed by atoms with Gasteiger partial charge in [0.25, 0.3) is 0 Å². The Bertz CT molecular complexity index is 490. The van der Waals surface area contributed by atoms with E-state index < -0.39 is 0 Å². The molecule has 0 fully saturated rings. The van der Waals surface area contributed by atoms with E-state index in [1.807, 2.05) is 0 Å². The second kappa shape index (κ2) is 1.85. The second-order valence-electron chi connectivity index (χ2n) is 2.17. The standard InChI is InChI=1S/C6H5N3O2/c10-4-1-2-9-5(3-4)7-8-6(9)11/h1-3,7H,(H,8,11). The van der Waals surface area contributed by atoms with Crippen molar-refractivity contribution in [3.8, 4) is 0 Å². The summed E-state index contributed by atoms with van der Waals surface area (Å²) >= 11 is 0. The van der Waals surface area contributed by atoms with Crippen molar-refractivity contribution in [2.45, 2.75) is 0 Å². The van der Waals surface area contributed by atoms with Crippen LogP contribution in [0.5, 0.6) is 0 Å². The highest BCUT2D eigenvalue weighted by atomic mass is 16.1. The Balaban J connectivity index is 3.08. The number of nitrogens with one attached hydrogen (secondary N) is 2. The molecule has 0 unspecified atom stereocenters. The molecule has 0 saturated heterocycles. The van der Waals surface area contributed by atoms with E-state index in [9.17, 15) is 9.59 Å². The van der Waals surface area contributed by atoms with E-state index in [0.717, 1.165) is 0 Å². The van der Waals surface area contributed by atoms with Crippen molar-refractivity contribution < 1.29 is 0 Å². The Labute approximate surface area is 60.3 Å². The molecule has 0 amide bonds. The van der Waals surface area contributed by atoms with Crippen molar-refractivity contribution >= 4 is 5.65 Å². The van der Waals surface area contributed by atoms with Crippen LogP contribution in [0.25, 0.3) is 5.65 Å². The van der Waals surface area contributed by atoms with Gasteiger partial charge in [-0.3, -0.25) is 14.3 Å². The Morgan fingerprint density at radius 3 is 2.91 bits per heavy atom. The van der Waals surface area contributed by atoms with Crippen molar-refractivity contribution in [2.24, 2.45) is 0 Å². The summed E-state index contributed by atoms with van der Waals surface area (Å²) in [7, 11) is 0. The van der Waals surface area contributed by atoms with Crippen LogP contribution in [0.2, 0.25) is 0 Å². The highest BCUT2D eigenvalue weighted by molar-refractivity contribution is 5.34. The third-order valence-corrected chi connectivity index (χ3v) is 1.44. The molecule has 0 radical (unpaired) electrons. The van der Waals surface area contributed by atoms with E-state index in [4.69, 9.17) is 0 Å². The van der Waals surface area contributed by atoms with Crippen molar-refractivity contribution in [2.75, 3.05) is 0 Å². The van der Waals surface area contributed by atoms with Gasteiger partial charge in [-0.1, -0.05) is 0 Å². The van der Waals surface area contributed by atoms with Gasteiger partial charge in [-0.2, -0.15) is 0 Å². The highest BCUT2D eigenvalue weighted by Crippen LogP contribution is 1.85. The van der Waals surface area contributed by atoms with Crippen molar-refractivity contribution in [1.82, 2.24) is 14.6 Å². The first-order valence-corrected chi connectivity index (χ1v) is 3.06. The zero-order chi connectivity index (χ0) is 7.84. The molecule has 5 nitrogen and oxygen atoms in total. The summed E-state index contributed by atoms with van der Waals surface area (Å²) in [5.41, 5.74) is 0.0720. The van der Waals surface area contributed by atoms with Crippen molar-refractivity contribution in [3.63, 3.8) is 0 Å². The fourth-order valence-electron chi connectivity index (χ4n) is 0.932. The van der Waals surface area contributed by atoms with E-state index in [1.54, 1.807) is 0 Å². The van der Waals surface area contributed by atoms with E-state index in [0.29, 0.717) is 5.65 Å². The zero-order valence-electron chi connectivity index (χ0n) is 5.50. The Kier molecular flexibility index (Phi) is 1.00. The largest absolute Gasteiger partial charge is 0.345 e. The zero-order valence-corrected chi connectivity index (χ0v) is 5.50. The lowest BCUT2D eigenvalue weighted by atomic mass is 10.5. The molecule has 2 N–H and O–H groups in total. The third-order valence-electron chi connectivity index (χ3n) is 1.44. The molecule has 0 spiro atoms. The molecule has 11 heavy (non-hydrogen) atoms. The van der Waals surface area contributed by atoms with E-state index in [-0.39, 0.29) is 11.1 Å². The minimum absolute atomic E-state index is 0.125. The topological polar surface area (TPSA) is 70.1 Å². The predicted molar refractivity (Wildman–Crippen MR) is 38.6 cm³/mol. The SMILES string of the molecule is O=c1ccn2c(=O)[nH][nH]c2c1. The van der Waals surface area contributed by atoms with E-state index >= 15 is 0 Å². The fourth-order valence-corrected chi connectivity index (χ4v) is 0.932.